The van der Waals surface area contributed by atoms with Crippen molar-refractivity contribution in [2.24, 2.45) is 10.9 Å². The first-order valence-corrected chi connectivity index (χ1v) is 9.85. The summed E-state index contributed by atoms with van der Waals surface area (Å²) in [6.07, 6.45) is 9.15. The smallest absolute Gasteiger partial charge is 0.203 e. The fourth-order valence-corrected chi connectivity index (χ4v) is 4.26. The fourth-order valence-electron chi connectivity index (χ4n) is 3.14. The van der Waals surface area contributed by atoms with Crippen molar-refractivity contribution in [1.29, 1.82) is 0 Å². The molecular formula is C18H22ClN3S. The third kappa shape index (κ3) is 3.86. The van der Waals surface area contributed by atoms with Crippen LogP contribution >= 0.6 is 22.9 Å². The predicted octanol–water partition coefficient (Wildman–Crippen LogP) is 4.91. The average Bonchev–Trinajstić information content (AvgIpc) is 3.30. The van der Waals surface area contributed by atoms with E-state index in [1.807, 2.05) is 24.3 Å². The maximum atomic E-state index is 6.00. The highest BCUT2D eigenvalue weighted by Gasteiger charge is 2.23. The minimum atomic E-state index is 0.493. The average molecular weight is 348 g/mol. The van der Waals surface area contributed by atoms with Crippen LogP contribution in [0.15, 0.2) is 29.3 Å². The van der Waals surface area contributed by atoms with Crippen LogP contribution in [-0.4, -0.2) is 15.8 Å². The normalized spacial score (nSPS) is 20.1. The molecule has 3 nitrogen and oxygen atoms in total. The lowest BCUT2D eigenvalue weighted by molar-refractivity contribution is 0.429. The Balaban J connectivity index is 1.67. The first-order valence-electron chi connectivity index (χ1n) is 8.66. The zero-order valence-corrected chi connectivity index (χ0v) is 14.8. The summed E-state index contributed by atoms with van der Waals surface area (Å²) in [5.41, 5.74) is 1.13. The number of aromatic nitrogens is 2. The second-order valence-corrected chi connectivity index (χ2v) is 8.14. The largest absolute Gasteiger partial charge is 0.254 e. The molecule has 0 atom stereocenters. The van der Waals surface area contributed by atoms with Crippen LogP contribution < -0.4 is 4.80 Å². The van der Waals surface area contributed by atoms with E-state index >= 15 is 0 Å². The fraction of sp³-hybridized carbons (Fsp3) is 0.556. The van der Waals surface area contributed by atoms with Gasteiger partial charge in [0, 0.05) is 17.1 Å². The Morgan fingerprint density at radius 1 is 1.09 bits per heavy atom. The zero-order chi connectivity index (χ0) is 15.6. The van der Waals surface area contributed by atoms with Gasteiger partial charge in [-0.05, 0) is 43.7 Å². The van der Waals surface area contributed by atoms with Crippen molar-refractivity contribution in [2.45, 2.75) is 57.5 Å². The Hall–Kier alpha value is -1.13. The standard InChI is InChI=1S/C18H22ClN3S/c19-15-10-8-14(9-11-15)17-21-22(12-13-6-7-13)18(23-17)20-16-4-2-1-3-5-16/h8-11,13,16H,1-7,12H2/b20-18+. The lowest BCUT2D eigenvalue weighted by Gasteiger charge is -2.16. The molecule has 1 aromatic heterocycles. The molecule has 0 saturated heterocycles. The zero-order valence-electron chi connectivity index (χ0n) is 13.2. The van der Waals surface area contributed by atoms with Gasteiger partial charge in [-0.15, -0.1) is 0 Å². The van der Waals surface area contributed by atoms with Crippen molar-refractivity contribution in [3.63, 3.8) is 0 Å². The van der Waals surface area contributed by atoms with E-state index in [1.54, 1.807) is 11.3 Å². The lowest BCUT2D eigenvalue weighted by atomic mass is 9.96. The number of nitrogens with zero attached hydrogens (tertiary/aromatic N) is 3. The molecule has 2 aliphatic rings. The predicted molar refractivity (Wildman–Crippen MR) is 95.7 cm³/mol. The number of rotatable bonds is 4. The van der Waals surface area contributed by atoms with E-state index in [4.69, 9.17) is 21.7 Å². The highest BCUT2D eigenvalue weighted by Crippen LogP contribution is 2.31. The molecule has 0 spiro atoms. The maximum absolute atomic E-state index is 6.00. The molecule has 2 fully saturated rings. The highest BCUT2D eigenvalue weighted by molar-refractivity contribution is 7.12. The van der Waals surface area contributed by atoms with Gasteiger partial charge in [-0.2, -0.15) is 5.10 Å². The second kappa shape index (κ2) is 6.78. The molecule has 0 unspecified atom stereocenters. The van der Waals surface area contributed by atoms with Crippen LogP contribution in [0, 0.1) is 5.92 Å². The molecule has 1 aromatic carbocycles. The molecule has 0 aliphatic heterocycles. The van der Waals surface area contributed by atoms with E-state index in [-0.39, 0.29) is 0 Å². The summed E-state index contributed by atoms with van der Waals surface area (Å²) in [7, 11) is 0. The summed E-state index contributed by atoms with van der Waals surface area (Å²) < 4.78 is 2.15. The molecule has 0 N–H and O–H groups in total. The summed E-state index contributed by atoms with van der Waals surface area (Å²) >= 11 is 7.72. The van der Waals surface area contributed by atoms with Crippen LogP contribution in [0.1, 0.15) is 44.9 Å². The van der Waals surface area contributed by atoms with E-state index in [9.17, 15) is 0 Å². The van der Waals surface area contributed by atoms with E-state index in [0.29, 0.717) is 6.04 Å². The van der Waals surface area contributed by atoms with Gasteiger partial charge in [-0.25, -0.2) is 4.68 Å². The SMILES string of the molecule is Clc1ccc(-c2nn(CC3CC3)/c(=N\C3CCCCC3)s2)cc1. The molecule has 5 heteroatoms. The monoisotopic (exact) mass is 347 g/mol. The van der Waals surface area contributed by atoms with Gasteiger partial charge in [0.25, 0.3) is 0 Å². The first kappa shape index (κ1) is 15.4. The summed E-state index contributed by atoms with van der Waals surface area (Å²) in [5.74, 6) is 0.806. The molecular weight excluding hydrogens is 326 g/mol. The Kier molecular flexibility index (Phi) is 4.54. The van der Waals surface area contributed by atoms with Gasteiger partial charge in [-0.1, -0.05) is 54.3 Å². The third-order valence-corrected chi connectivity index (χ3v) is 5.97. The minimum Gasteiger partial charge on any atom is -0.254 e. The molecule has 0 amide bonds. The Morgan fingerprint density at radius 2 is 1.83 bits per heavy atom. The number of halogens is 1. The minimum absolute atomic E-state index is 0.493. The van der Waals surface area contributed by atoms with Crippen LogP contribution in [0.2, 0.25) is 5.02 Å². The Labute approximate surface area is 146 Å². The molecule has 1 heterocycles. The number of hydrogen-bond donors (Lipinski definition) is 0. The molecule has 0 bridgehead atoms. The van der Waals surface area contributed by atoms with Crippen LogP contribution in [-0.2, 0) is 6.54 Å². The van der Waals surface area contributed by atoms with Crippen LogP contribution in [0.3, 0.4) is 0 Å². The summed E-state index contributed by atoms with van der Waals surface area (Å²) in [4.78, 5) is 6.16. The molecule has 4 rings (SSSR count). The van der Waals surface area contributed by atoms with Gasteiger partial charge in [0.1, 0.15) is 5.01 Å². The van der Waals surface area contributed by atoms with Crippen molar-refractivity contribution in [3.05, 3.63) is 34.1 Å². The van der Waals surface area contributed by atoms with E-state index in [2.05, 4.69) is 4.68 Å². The van der Waals surface area contributed by atoms with Gasteiger partial charge in [0.05, 0.1) is 6.04 Å². The summed E-state index contributed by atoms with van der Waals surface area (Å²) in [5, 5.41) is 6.67. The van der Waals surface area contributed by atoms with Gasteiger partial charge in [0.2, 0.25) is 4.80 Å². The summed E-state index contributed by atoms with van der Waals surface area (Å²) in [6, 6.07) is 8.45. The molecule has 2 aliphatic carbocycles. The maximum Gasteiger partial charge on any atom is 0.203 e. The molecule has 2 saturated carbocycles. The van der Waals surface area contributed by atoms with Crippen LogP contribution in [0.4, 0.5) is 0 Å². The van der Waals surface area contributed by atoms with Crippen molar-refractivity contribution < 1.29 is 0 Å². The van der Waals surface area contributed by atoms with Crippen LogP contribution in [0.25, 0.3) is 10.6 Å². The first-order chi connectivity index (χ1) is 11.3. The highest BCUT2D eigenvalue weighted by atomic mass is 35.5. The molecule has 0 radical (unpaired) electrons. The van der Waals surface area contributed by atoms with Crippen LogP contribution in [0.5, 0.6) is 0 Å². The van der Waals surface area contributed by atoms with Gasteiger partial charge >= 0.3 is 0 Å². The van der Waals surface area contributed by atoms with Crippen molar-refractivity contribution >= 4 is 22.9 Å². The lowest BCUT2D eigenvalue weighted by Crippen LogP contribution is -2.22. The Morgan fingerprint density at radius 3 is 2.52 bits per heavy atom. The van der Waals surface area contributed by atoms with Crippen molar-refractivity contribution in [3.8, 4) is 10.6 Å². The van der Waals surface area contributed by atoms with Crippen molar-refractivity contribution in [1.82, 2.24) is 9.78 Å². The van der Waals surface area contributed by atoms with E-state index in [1.165, 1.54) is 44.9 Å². The topological polar surface area (TPSA) is 30.2 Å². The van der Waals surface area contributed by atoms with Crippen molar-refractivity contribution in [2.75, 3.05) is 0 Å². The molecule has 23 heavy (non-hydrogen) atoms. The quantitative estimate of drug-likeness (QED) is 0.773. The van der Waals surface area contributed by atoms with Gasteiger partial charge in [0.15, 0.2) is 0 Å². The van der Waals surface area contributed by atoms with E-state index < -0.39 is 0 Å². The Bertz CT molecular complexity index is 721. The molecule has 122 valence electrons. The van der Waals surface area contributed by atoms with E-state index in [0.717, 1.165) is 32.9 Å². The van der Waals surface area contributed by atoms with Gasteiger partial charge < -0.3 is 0 Å². The number of benzene rings is 1. The number of hydrogen-bond acceptors (Lipinski definition) is 3. The second-order valence-electron chi connectivity index (χ2n) is 6.74. The molecule has 2 aromatic rings. The van der Waals surface area contributed by atoms with Gasteiger partial charge in [-0.3, -0.25) is 4.99 Å². The third-order valence-electron chi connectivity index (χ3n) is 4.71. The summed E-state index contributed by atoms with van der Waals surface area (Å²) in [6.45, 7) is 1.02.